The monoisotopic (exact) mass is 509 g/mol. The highest BCUT2D eigenvalue weighted by atomic mass is 35.5. The van der Waals surface area contributed by atoms with Gasteiger partial charge in [0, 0.05) is 46.2 Å². The second-order valence-corrected chi connectivity index (χ2v) is 10.2. The molecule has 2 amide bonds. The molecule has 3 aliphatic carbocycles. The number of phenols is 1. The Morgan fingerprint density at radius 2 is 1.89 bits per heavy atom. The summed E-state index contributed by atoms with van der Waals surface area (Å²) in [6, 6.07) is 4.51. The number of ketones is 2. The number of aromatic hydroxyl groups is 1. The summed E-state index contributed by atoms with van der Waals surface area (Å²) in [5.41, 5.74) is 1.97. The quantitative estimate of drug-likeness (QED) is 0.354. The molecule has 8 nitrogen and oxygen atoms in total. The first kappa shape index (κ1) is 24.2. The number of phenolic OH excluding ortho intramolecular Hbond substituents is 1. The molecule has 1 aromatic rings. The number of hydrogen-bond donors (Lipinski definition) is 2. The maximum atomic E-state index is 13.5. The molecule has 9 heteroatoms. The lowest BCUT2D eigenvalue weighted by molar-refractivity contribution is -0.142. The summed E-state index contributed by atoms with van der Waals surface area (Å²) in [4.78, 5) is 65.1. The van der Waals surface area contributed by atoms with Gasteiger partial charge in [-0.2, -0.15) is 0 Å². The number of Topliss-reactive ketones (excluding diaryl/α,β-unsaturated/α-hetero) is 1. The Morgan fingerprint density at radius 3 is 2.61 bits per heavy atom. The van der Waals surface area contributed by atoms with Crippen molar-refractivity contribution in [3.63, 3.8) is 0 Å². The van der Waals surface area contributed by atoms with Crippen LogP contribution in [0.2, 0.25) is 5.02 Å². The van der Waals surface area contributed by atoms with E-state index in [0.717, 1.165) is 10.5 Å². The summed E-state index contributed by atoms with van der Waals surface area (Å²) < 4.78 is 0. The minimum atomic E-state index is -1.00. The Kier molecular flexibility index (Phi) is 5.95. The van der Waals surface area contributed by atoms with E-state index in [9.17, 15) is 29.1 Å². The Labute approximate surface area is 211 Å². The fourth-order valence-corrected chi connectivity index (χ4v) is 6.35. The van der Waals surface area contributed by atoms with E-state index in [4.69, 9.17) is 16.7 Å². The third kappa shape index (κ3) is 3.71. The van der Waals surface area contributed by atoms with Crippen LogP contribution < -0.4 is 0 Å². The zero-order valence-corrected chi connectivity index (χ0v) is 20.2. The molecule has 4 atom stereocenters. The summed E-state index contributed by atoms with van der Waals surface area (Å²) in [6.07, 6.45) is 3.56. The number of benzene rings is 1. The number of carbonyl (C=O) groups is 5. The van der Waals surface area contributed by atoms with Crippen molar-refractivity contribution < 1.29 is 34.2 Å². The van der Waals surface area contributed by atoms with Crippen LogP contribution in [0.3, 0.4) is 0 Å². The number of halogens is 1. The number of nitrogens with zero attached hydrogens (tertiary/aromatic N) is 1. The average Bonchev–Trinajstić information content (AvgIpc) is 3.07. The SMILES string of the molecule is CC1=CC(=O)C2=C(C[C@@H]3C(=CC[C@@H]4C(=O)N(CCCC(=O)O)C(=O)[C@@H]43)[C@@H]2c2cc(Cl)ccc2O)C1=O. The fraction of sp³-hybridized carbons (Fsp3) is 0.370. The van der Waals surface area contributed by atoms with Crippen molar-refractivity contribution in [2.24, 2.45) is 17.8 Å². The van der Waals surface area contributed by atoms with Gasteiger partial charge < -0.3 is 10.2 Å². The van der Waals surface area contributed by atoms with Gasteiger partial charge in [0.25, 0.3) is 0 Å². The number of rotatable bonds is 5. The zero-order valence-electron chi connectivity index (χ0n) is 19.5. The Hall–Kier alpha value is -3.52. The molecular formula is C27H24ClNO7. The van der Waals surface area contributed by atoms with E-state index in [-0.39, 0.29) is 66.9 Å². The summed E-state index contributed by atoms with van der Waals surface area (Å²) in [7, 11) is 0. The van der Waals surface area contributed by atoms with Gasteiger partial charge in [0.15, 0.2) is 11.6 Å². The van der Waals surface area contributed by atoms with E-state index < -0.39 is 29.6 Å². The highest BCUT2D eigenvalue weighted by Gasteiger charge is 2.56. The van der Waals surface area contributed by atoms with Crippen molar-refractivity contribution in [3.05, 3.63) is 63.2 Å². The molecule has 2 N–H and O–H groups in total. The second kappa shape index (κ2) is 8.85. The average molecular weight is 510 g/mol. The largest absolute Gasteiger partial charge is 0.508 e. The van der Waals surface area contributed by atoms with Crippen molar-refractivity contribution in [1.82, 2.24) is 4.90 Å². The minimum Gasteiger partial charge on any atom is -0.508 e. The Morgan fingerprint density at radius 1 is 1.14 bits per heavy atom. The standard InChI is InChI=1S/C27H24ClNO7/c1-12-9-20(31)24-18(25(12)34)11-16-14(22(24)17-10-13(28)4-7-19(17)30)5-6-15-23(16)27(36)29(26(15)35)8-2-3-21(32)33/h4-5,7,9-10,15-16,22-23,30H,2-3,6,8,11H2,1H3,(H,32,33)/t15-,16+,22+,23-/m0/s1. The topological polar surface area (TPSA) is 129 Å². The number of amides is 2. The minimum absolute atomic E-state index is 0.0186. The summed E-state index contributed by atoms with van der Waals surface area (Å²) in [5, 5.41) is 20.0. The normalized spacial score (nSPS) is 27.4. The van der Waals surface area contributed by atoms with Gasteiger partial charge in [0.1, 0.15) is 5.75 Å². The third-order valence-corrected chi connectivity index (χ3v) is 7.96. The maximum absolute atomic E-state index is 13.5. The highest BCUT2D eigenvalue weighted by molar-refractivity contribution is 6.30. The molecule has 0 radical (unpaired) electrons. The molecule has 0 bridgehead atoms. The molecule has 5 rings (SSSR count). The Balaban J connectivity index is 1.60. The number of fused-ring (bicyclic) bond motifs is 3. The zero-order chi connectivity index (χ0) is 25.9. The number of carbonyl (C=O) groups excluding carboxylic acids is 4. The van der Waals surface area contributed by atoms with Gasteiger partial charge >= 0.3 is 5.97 Å². The third-order valence-electron chi connectivity index (χ3n) is 7.73. The van der Waals surface area contributed by atoms with Crippen LogP contribution >= 0.6 is 11.6 Å². The molecule has 36 heavy (non-hydrogen) atoms. The molecule has 186 valence electrons. The van der Waals surface area contributed by atoms with E-state index in [1.807, 2.05) is 6.08 Å². The summed E-state index contributed by atoms with van der Waals surface area (Å²) >= 11 is 6.24. The maximum Gasteiger partial charge on any atom is 0.303 e. The van der Waals surface area contributed by atoms with E-state index in [1.54, 1.807) is 13.0 Å². The van der Waals surface area contributed by atoms with E-state index in [0.29, 0.717) is 21.7 Å². The van der Waals surface area contributed by atoms with Gasteiger partial charge in [-0.1, -0.05) is 23.3 Å². The molecule has 1 aliphatic heterocycles. The Bertz CT molecular complexity index is 1340. The van der Waals surface area contributed by atoms with Gasteiger partial charge in [0.2, 0.25) is 11.8 Å². The van der Waals surface area contributed by atoms with Crippen LogP contribution in [-0.4, -0.2) is 51.0 Å². The molecule has 0 saturated carbocycles. The smallest absolute Gasteiger partial charge is 0.303 e. The predicted octanol–water partition coefficient (Wildman–Crippen LogP) is 3.34. The molecule has 0 unspecified atom stereocenters. The van der Waals surface area contributed by atoms with E-state index >= 15 is 0 Å². The van der Waals surface area contributed by atoms with Gasteiger partial charge in [0.05, 0.1) is 11.8 Å². The second-order valence-electron chi connectivity index (χ2n) is 9.76. The van der Waals surface area contributed by atoms with E-state index in [2.05, 4.69) is 0 Å². The number of aliphatic carboxylic acids is 1. The molecule has 1 heterocycles. The summed E-state index contributed by atoms with van der Waals surface area (Å²) in [6.45, 7) is 1.59. The molecule has 4 aliphatic rings. The lowest BCUT2D eigenvalue weighted by atomic mass is 9.59. The number of carboxylic acid groups (broad SMARTS) is 1. The van der Waals surface area contributed by atoms with Gasteiger partial charge in [-0.15, -0.1) is 0 Å². The van der Waals surface area contributed by atoms with E-state index in [1.165, 1.54) is 18.2 Å². The number of allylic oxidation sites excluding steroid dienone is 6. The van der Waals surface area contributed by atoms with Crippen molar-refractivity contribution in [2.45, 2.75) is 38.5 Å². The molecule has 1 aromatic carbocycles. The lowest BCUT2D eigenvalue weighted by Crippen LogP contribution is -2.40. The van der Waals surface area contributed by atoms with Gasteiger partial charge in [-0.05, 0) is 56.4 Å². The number of carboxylic acids is 1. The van der Waals surface area contributed by atoms with Gasteiger partial charge in [-0.3, -0.25) is 28.9 Å². The molecular weight excluding hydrogens is 486 g/mol. The molecule has 1 saturated heterocycles. The molecule has 1 fully saturated rings. The summed E-state index contributed by atoms with van der Waals surface area (Å²) in [5.74, 6) is -5.05. The number of imide groups is 1. The van der Waals surface area contributed by atoms with Crippen LogP contribution in [0.25, 0.3) is 0 Å². The number of hydrogen-bond acceptors (Lipinski definition) is 6. The lowest BCUT2D eigenvalue weighted by Gasteiger charge is -2.42. The van der Waals surface area contributed by atoms with Crippen molar-refractivity contribution in [1.29, 1.82) is 0 Å². The van der Waals surface area contributed by atoms with Crippen LogP contribution in [0.15, 0.2) is 52.6 Å². The van der Waals surface area contributed by atoms with Crippen molar-refractivity contribution >= 4 is 41.0 Å². The first-order valence-electron chi connectivity index (χ1n) is 11.9. The molecule has 0 spiro atoms. The predicted molar refractivity (Wildman–Crippen MR) is 128 cm³/mol. The first-order chi connectivity index (χ1) is 17.1. The van der Waals surface area contributed by atoms with Crippen LogP contribution in [0.5, 0.6) is 5.75 Å². The van der Waals surface area contributed by atoms with Crippen LogP contribution in [0, 0.1) is 17.8 Å². The highest BCUT2D eigenvalue weighted by Crippen LogP contribution is 2.56. The van der Waals surface area contributed by atoms with Gasteiger partial charge in [-0.25, -0.2) is 0 Å². The first-order valence-corrected chi connectivity index (χ1v) is 12.2. The fourth-order valence-electron chi connectivity index (χ4n) is 6.17. The molecule has 0 aromatic heterocycles. The van der Waals surface area contributed by atoms with Crippen molar-refractivity contribution in [3.8, 4) is 5.75 Å². The number of likely N-dealkylation sites (tertiary alicyclic amines) is 1. The van der Waals surface area contributed by atoms with Crippen molar-refractivity contribution in [2.75, 3.05) is 6.54 Å². The van der Waals surface area contributed by atoms with Crippen LogP contribution in [-0.2, 0) is 24.0 Å². The van der Waals surface area contributed by atoms with Crippen LogP contribution in [0.4, 0.5) is 0 Å². The van der Waals surface area contributed by atoms with Crippen LogP contribution in [0.1, 0.15) is 44.1 Å².